The van der Waals surface area contributed by atoms with E-state index in [0.717, 1.165) is 44.0 Å². The van der Waals surface area contributed by atoms with Crippen molar-refractivity contribution in [1.82, 2.24) is 4.98 Å². The average molecular weight is 323 g/mol. The number of pyridine rings is 1. The van der Waals surface area contributed by atoms with Gasteiger partial charge in [0.05, 0.1) is 18.8 Å². The number of hydrogen-bond donors (Lipinski definition) is 0. The highest BCUT2D eigenvalue weighted by Gasteiger charge is 2.27. The van der Waals surface area contributed by atoms with E-state index < -0.39 is 0 Å². The third-order valence-electron chi connectivity index (χ3n) is 4.68. The van der Waals surface area contributed by atoms with Crippen molar-refractivity contribution in [3.8, 4) is 0 Å². The van der Waals surface area contributed by atoms with Gasteiger partial charge in [-0.15, -0.1) is 0 Å². The zero-order valence-electron chi connectivity index (χ0n) is 13.6. The number of aromatic nitrogens is 1. The van der Waals surface area contributed by atoms with Crippen molar-refractivity contribution in [2.24, 2.45) is 0 Å². The zero-order chi connectivity index (χ0) is 16.4. The summed E-state index contributed by atoms with van der Waals surface area (Å²) in [5.74, 6) is 0.811. The Hall–Kier alpha value is -2.40. The van der Waals surface area contributed by atoms with Crippen LogP contribution >= 0.6 is 0 Å². The number of morpholine rings is 1. The number of nitrogens with zero attached hydrogens (tertiary/aromatic N) is 3. The standard InChI is InChI=1S/C19H21N3O2/c23-19(22-10-4-6-15-5-1-2-8-17(15)22)16-7-3-9-20-18(16)21-11-13-24-14-12-21/h1-3,5,7-9H,4,6,10-14H2. The summed E-state index contributed by atoms with van der Waals surface area (Å²) in [6, 6.07) is 11.9. The van der Waals surface area contributed by atoms with Gasteiger partial charge in [-0.3, -0.25) is 4.79 Å². The molecule has 1 fully saturated rings. The largest absolute Gasteiger partial charge is 0.378 e. The second-order valence-electron chi connectivity index (χ2n) is 6.16. The molecule has 1 saturated heterocycles. The van der Waals surface area contributed by atoms with Crippen molar-refractivity contribution in [1.29, 1.82) is 0 Å². The van der Waals surface area contributed by atoms with Crippen molar-refractivity contribution in [3.63, 3.8) is 0 Å². The molecule has 0 unspecified atom stereocenters. The number of aryl methyl sites for hydroxylation is 1. The van der Waals surface area contributed by atoms with E-state index >= 15 is 0 Å². The van der Waals surface area contributed by atoms with Crippen LogP contribution in [0.3, 0.4) is 0 Å². The van der Waals surface area contributed by atoms with Crippen LogP contribution in [0.25, 0.3) is 0 Å². The number of amides is 1. The molecule has 124 valence electrons. The highest BCUT2D eigenvalue weighted by Crippen LogP contribution is 2.30. The Labute approximate surface area is 141 Å². The van der Waals surface area contributed by atoms with E-state index in [1.165, 1.54) is 5.56 Å². The van der Waals surface area contributed by atoms with Crippen LogP contribution in [0.2, 0.25) is 0 Å². The molecule has 0 spiro atoms. The van der Waals surface area contributed by atoms with Crippen molar-refractivity contribution >= 4 is 17.4 Å². The smallest absolute Gasteiger partial charge is 0.262 e. The van der Waals surface area contributed by atoms with Crippen LogP contribution in [0.4, 0.5) is 11.5 Å². The molecule has 2 aromatic rings. The molecular weight excluding hydrogens is 302 g/mol. The Kier molecular flexibility index (Phi) is 4.17. The molecule has 3 heterocycles. The van der Waals surface area contributed by atoms with Crippen molar-refractivity contribution in [3.05, 3.63) is 53.7 Å². The lowest BCUT2D eigenvalue weighted by atomic mass is 10.0. The molecule has 0 atom stereocenters. The molecule has 0 radical (unpaired) electrons. The Morgan fingerprint density at radius 2 is 1.88 bits per heavy atom. The fourth-order valence-electron chi connectivity index (χ4n) is 3.48. The second-order valence-corrected chi connectivity index (χ2v) is 6.16. The summed E-state index contributed by atoms with van der Waals surface area (Å²) < 4.78 is 5.42. The molecule has 2 aliphatic rings. The normalized spacial score (nSPS) is 17.5. The summed E-state index contributed by atoms with van der Waals surface area (Å²) in [5.41, 5.74) is 2.95. The maximum Gasteiger partial charge on any atom is 0.262 e. The third-order valence-corrected chi connectivity index (χ3v) is 4.68. The number of carbonyl (C=O) groups is 1. The van der Waals surface area contributed by atoms with Crippen molar-refractivity contribution in [2.45, 2.75) is 12.8 Å². The second kappa shape index (κ2) is 6.61. The van der Waals surface area contributed by atoms with Crippen LogP contribution in [0.1, 0.15) is 22.3 Å². The van der Waals surface area contributed by atoms with E-state index in [-0.39, 0.29) is 5.91 Å². The molecule has 0 saturated carbocycles. The quantitative estimate of drug-likeness (QED) is 0.852. The Bertz CT molecular complexity index is 741. The summed E-state index contributed by atoms with van der Waals surface area (Å²) in [4.78, 5) is 21.8. The minimum absolute atomic E-state index is 0.0386. The number of carbonyl (C=O) groups excluding carboxylic acids is 1. The monoisotopic (exact) mass is 323 g/mol. The predicted molar refractivity (Wildman–Crippen MR) is 93.7 cm³/mol. The highest BCUT2D eigenvalue weighted by atomic mass is 16.5. The van der Waals surface area contributed by atoms with Gasteiger partial charge in [-0.25, -0.2) is 4.98 Å². The van der Waals surface area contributed by atoms with Gasteiger partial charge in [0.2, 0.25) is 0 Å². The van der Waals surface area contributed by atoms with E-state index in [9.17, 15) is 4.79 Å². The van der Waals surface area contributed by atoms with E-state index in [1.54, 1.807) is 6.20 Å². The molecule has 24 heavy (non-hydrogen) atoms. The van der Waals surface area contributed by atoms with E-state index in [0.29, 0.717) is 18.8 Å². The summed E-state index contributed by atoms with van der Waals surface area (Å²) in [7, 11) is 0. The molecule has 1 aromatic carbocycles. The topological polar surface area (TPSA) is 45.7 Å². The Balaban J connectivity index is 1.68. The van der Waals surface area contributed by atoms with Gasteiger partial charge in [-0.05, 0) is 36.6 Å². The van der Waals surface area contributed by atoms with Crippen LogP contribution in [0.15, 0.2) is 42.6 Å². The Morgan fingerprint density at radius 3 is 2.75 bits per heavy atom. The van der Waals surface area contributed by atoms with Gasteiger partial charge < -0.3 is 14.5 Å². The first-order valence-corrected chi connectivity index (χ1v) is 8.52. The molecule has 0 aliphatic carbocycles. The minimum Gasteiger partial charge on any atom is -0.378 e. The summed E-state index contributed by atoms with van der Waals surface area (Å²) in [6.07, 6.45) is 3.78. The van der Waals surface area contributed by atoms with E-state index in [1.807, 2.05) is 35.2 Å². The van der Waals surface area contributed by atoms with Crippen LogP contribution in [-0.2, 0) is 11.2 Å². The van der Waals surface area contributed by atoms with Crippen LogP contribution in [0, 0.1) is 0 Å². The van der Waals surface area contributed by atoms with Gasteiger partial charge in [0, 0.05) is 31.5 Å². The summed E-state index contributed by atoms with van der Waals surface area (Å²) >= 11 is 0. The number of rotatable bonds is 2. The van der Waals surface area contributed by atoms with Crippen molar-refractivity contribution < 1.29 is 9.53 Å². The molecule has 2 aliphatic heterocycles. The van der Waals surface area contributed by atoms with Gasteiger partial charge >= 0.3 is 0 Å². The van der Waals surface area contributed by atoms with Gasteiger partial charge in [0.1, 0.15) is 5.82 Å². The van der Waals surface area contributed by atoms with Gasteiger partial charge in [-0.2, -0.15) is 0 Å². The Morgan fingerprint density at radius 1 is 1.04 bits per heavy atom. The molecule has 4 rings (SSSR count). The molecule has 5 heteroatoms. The van der Waals surface area contributed by atoms with Crippen molar-refractivity contribution in [2.75, 3.05) is 42.6 Å². The molecule has 0 bridgehead atoms. The fourth-order valence-corrected chi connectivity index (χ4v) is 3.48. The van der Waals surface area contributed by atoms with Gasteiger partial charge in [0.15, 0.2) is 0 Å². The number of hydrogen-bond acceptors (Lipinski definition) is 4. The lowest BCUT2D eigenvalue weighted by Gasteiger charge is -2.32. The number of fused-ring (bicyclic) bond motifs is 1. The van der Waals surface area contributed by atoms with Crippen LogP contribution in [0.5, 0.6) is 0 Å². The van der Waals surface area contributed by atoms with E-state index in [2.05, 4.69) is 16.0 Å². The fraction of sp³-hybridized carbons (Fsp3) is 0.368. The van der Waals surface area contributed by atoms with Gasteiger partial charge in [-0.1, -0.05) is 18.2 Å². The lowest BCUT2D eigenvalue weighted by molar-refractivity contribution is 0.0983. The number of anilines is 2. The summed E-state index contributed by atoms with van der Waals surface area (Å²) in [5, 5.41) is 0. The predicted octanol–water partition coefficient (Wildman–Crippen LogP) is 2.51. The third kappa shape index (κ3) is 2.76. The number of ether oxygens (including phenoxy) is 1. The van der Waals surface area contributed by atoms with Gasteiger partial charge in [0.25, 0.3) is 5.91 Å². The van der Waals surface area contributed by atoms with Crippen LogP contribution in [-0.4, -0.2) is 43.7 Å². The molecule has 0 N–H and O–H groups in total. The minimum atomic E-state index is 0.0386. The highest BCUT2D eigenvalue weighted by molar-refractivity contribution is 6.09. The van der Waals surface area contributed by atoms with Crippen LogP contribution < -0.4 is 9.80 Å². The number of benzene rings is 1. The first-order valence-electron chi connectivity index (χ1n) is 8.52. The molecular formula is C19H21N3O2. The first-order chi connectivity index (χ1) is 11.8. The lowest BCUT2D eigenvalue weighted by Crippen LogP contribution is -2.40. The first kappa shape index (κ1) is 15.1. The maximum absolute atomic E-state index is 13.3. The molecule has 1 amide bonds. The average Bonchev–Trinajstić information content (AvgIpc) is 2.68. The molecule has 1 aromatic heterocycles. The van der Waals surface area contributed by atoms with E-state index in [4.69, 9.17) is 4.74 Å². The maximum atomic E-state index is 13.3. The number of para-hydroxylation sites is 1. The summed E-state index contributed by atoms with van der Waals surface area (Å²) in [6.45, 7) is 3.66. The zero-order valence-corrected chi connectivity index (χ0v) is 13.6. The SMILES string of the molecule is O=C(c1cccnc1N1CCOCC1)N1CCCc2ccccc21. The molecule has 5 nitrogen and oxygen atoms in total.